The molecule has 26 heavy (non-hydrogen) atoms. The van der Waals surface area contributed by atoms with Crippen LogP contribution in [0.2, 0.25) is 0 Å². The smallest absolute Gasteiger partial charge is 0.281 e. The maximum Gasteiger partial charge on any atom is 0.281 e. The van der Waals surface area contributed by atoms with Crippen molar-refractivity contribution in [3.8, 4) is 0 Å². The second-order valence-corrected chi connectivity index (χ2v) is 8.97. The first-order valence-electron chi connectivity index (χ1n) is 9.31. The number of hydrogen-bond donors (Lipinski definition) is 0. The SMILES string of the molecule is O=S(=O)(N1CCCC1)N1CCCC(c2nccn2Cc2ccccn2)C1. The highest BCUT2D eigenvalue weighted by Gasteiger charge is 2.36. The van der Waals surface area contributed by atoms with Crippen LogP contribution in [0.1, 0.15) is 43.1 Å². The molecule has 0 spiro atoms. The molecule has 0 saturated carbocycles. The van der Waals surface area contributed by atoms with Crippen molar-refractivity contribution in [1.29, 1.82) is 0 Å². The minimum Gasteiger partial charge on any atom is -0.329 e. The third-order valence-corrected chi connectivity index (χ3v) is 7.28. The molecule has 0 bridgehead atoms. The van der Waals surface area contributed by atoms with Crippen LogP contribution in [0, 0.1) is 0 Å². The van der Waals surface area contributed by atoms with E-state index >= 15 is 0 Å². The summed E-state index contributed by atoms with van der Waals surface area (Å²) in [4.78, 5) is 8.93. The lowest BCUT2D eigenvalue weighted by Crippen LogP contribution is -2.46. The zero-order chi connectivity index (χ0) is 18.0. The summed E-state index contributed by atoms with van der Waals surface area (Å²) in [5.41, 5.74) is 0.976. The van der Waals surface area contributed by atoms with E-state index < -0.39 is 10.2 Å². The maximum atomic E-state index is 12.9. The molecule has 2 aromatic heterocycles. The largest absolute Gasteiger partial charge is 0.329 e. The van der Waals surface area contributed by atoms with Gasteiger partial charge in [-0.25, -0.2) is 4.98 Å². The molecule has 0 amide bonds. The Bertz CT molecular complexity index is 830. The number of hydrogen-bond acceptors (Lipinski definition) is 4. The Balaban J connectivity index is 1.51. The van der Waals surface area contributed by atoms with Crippen LogP contribution in [0.4, 0.5) is 0 Å². The molecule has 4 rings (SSSR count). The topological polar surface area (TPSA) is 71.3 Å². The number of nitrogens with zero attached hydrogens (tertiary/aromatic N) is 5. The molecule has 2 aromatic rings. The highest BCUT2D eigenvalue weighted by Crippen LogP contribution is 2.29. The van der Waals surface area contributed by atoms with E-state index in [9.17, 15) is 8.42 Å². The molecule has 2 fully saturated rings. The van der Waals surface area contributed by atoms with Gasteiger partial charge in [0.25, 0.3) is 10.2 Å². The molecule has 0 aromatic carbocycles. The molecule has 0 radical (unpaired) electrons. The lowest BCUT2D eigenvalue weighted by atomic mass is 9.99. The van der Waals surface area contributed by atoms with Gasteiger partial charge in [-0.1, -0.05) is 6.07 Å². The van der Waals surface area contributed by atoms with Crippen molar-refractivity contribution in [2.45, 2.75) is 38.1 Å². The predicted molar refractivity (Wildman–Crippen MR) is 98.8 cm³/mol. The summed E-state index contributed by atoms with van der Waals surface area (Å²) >= 11 is 0. The average Bonchev–Trinajstić information content (AvgIpc) is 3.35. The van der Waals surface area contributed by atoms with Gasteiger partial charge in [-0.05, 0) is 37.8 Å². The van der Waals surface area contributed by atoms with E-state index in [-0.39, 0.29) is 5.92 Å². The summed E-state index contributed by atoms with van der Waals surface area (Å²) in [6.45, 7) is 3.08. The van der Waals surface area contributed by atoms with Crippen LogP contribution in [0.15, 0.2) is 36.8 Å². The number of pyridine rings is 1. The van der Waals surface area contributed by atoms with Crippen molar-refractivity contribution >= 4 is 10.2 Å². The van der Waals surface area contributed by atoms with Gasteiger partial charge in [0, 0.05) is 50.7 Å². The van der Waals surface area contributed by atoms with Crippen LogP contribution in [0.25, 0.3) is 0 Å². The molecule has 7 nitrogen and oxygen atoms in total. The van der Waals surface area contributed by atoms with Gasteiger partial charge in [0.2, 0.25) is 0 Å². The van der Waals surface area contributed by atoms with E-state index in [0.717, 1.165) is 37.2 Å². The molecule has 2 aliphatic heterocycles. The summed E-state index contributed by atoms with van der Waals surface area (Å²) in [5, 5.41) is 0. The Morgan fingerprint density at radius 1 is 1.00 bits per heavy atom. The van der Waals surface area contributed by atoms with Gasteiger partial charge in [-0.3, -0.25) is 4.98 Å². The minimum absolute atomic E-state index is 0.125. The summed E-state index contributed by atoms with van der Waals surface area (Å²) in [6, 6.07) is 5.87. The van der Waals surface area contributed by atoms with Crippen LogP contribution in [0.5, 0.6) is 0 Å². The van der Waals surface area contributed by atoms with Gasteiger partial charge in [0.15, 0.2) is 0 Å². The number of aromatic nitrogens is 3. The second kappa shape index (κ2) is 7.46. The van der Waals surface area contributed by atoms with E-state index in [1.165, 1.54) is 0 Å². The third-order valence-electron chi connectivity index (χ3n) is 5.27. The van der Waals surface area contributed by atoms with Crippen molar-refractivity contribution < 1.29 is 8.42 Å². The highest BCUT2D eigenvalue weighted by molar-refractivity contribution is 7.86. The normalized spacial score (nSPS) is 22.7. The van der Waals surface area contributed by atoms with E-state index in [1.807, 2.05) is 24.4 Å². The number of imidazole rings is 1. The summed E-state index contributed by atoms with van der Waals surface area (Å²) in [5.74, 6) is 1.08. The monoisotopic (exact) mass is 375 g/mol. The quantitative estimate of drug-likeness (QED) is 0.800. The van der Waals surface area contributed by atoms with Gasteiger partial charge < -0.3 is 4.57 Å². The zero-order valence-electron chi connectivity index (χ0n) is 14.9. The Hall–Kier alpha value is -1.77. The highest BCUT2D eigenvalue weighted by atomic mass is 32.2. The molecule has 0 aliphatic carbocycles. The average molecular weight is 375 g/mol. The van der Waals surface area contributed by atoms with E-state index in [1.54, 1.807) is 21.0 Å². The van der Waals surface area contributed by atoms with Crippen LogP contribution < -0.4 is 0 Å². The van der Waals surface area contributed by atoms with Crippen LogP contribution in [-0.4, -0.2) is 57.7 Å². The summed E-state index contributed by atoms with van der Waals surface area (Å²) in [6.07, 6.45) is 9.30. The number of piperidine rings is 1. The molecular formula is C18H25N5O2S. The van der Waals surface area contributed by atoms with Gasteiger partial charge >= 0.3 is 0 Å². The molecule has 8 heteroatoms. The molecule has 0 N–H and O–H groups in total. The second-order valence-electron chi connectivity index (χ2n) is 7.05. The molecular weight excluding hydrogens is 350 g/mol. The molecule has 4 heterocycles. The van der Waals surface area contributed by atoms with Gasteiger partial charge in [0.05, 0.1) is 12.2 Å². The van der Waals surface area contributed by atoms with Crippen molar-refractivity contribution in [2.24, 2.45) is 0 Å². The van der Waals surface area contributed by atoms with Gasteiger partial charge in [0.1, 0.15) is 5.82 Å². The molecule has 140 valence electrons. The maximum absolute atomic E-state index is 12.9. The van der Waals surface area contributed by atoms with Crippen LogP contribution in [-0.2, 0) is 16.8 Å². The summed E-state index contributed by atoms with van der Waals surface area (Å²) in [7, 11) is -3.34. The first kappa shape index (κ1) is 17.6. The van der Waals surface area contributed by atoms with E-state index in [2.05, 4.69) is 14.5 Å². The van der Waals surface area contributed by atoms with Crippen molar-refractivity contribution in [2.75, 3.05) is 26.2 Å². The van der Waals surface area contributed by atoms with Gasteiger partial charge in [-0.15, -0.1) is 0 Å². The minimum atomic E-state index is -3.34. The Morgan fingerprint density at radius 2 is 1.81 bits per heavy atom. The predicted octanol–water partition coefficient (Wildman–Crippen LogP) is 1.85. The summed E-state index contributed by atoms with van der Waals surface area (Å²) < 4.78 is 31.2. The standard InChI is InChI=1S/C18H25N5O2S/c24-26(25,22-10-3-4-11-22)23-12-5-6-16(14-23)18-20-9-13-21(18)15-17-7-1-2-8-19-17/h1-2,7-9,13,16H,3-6,10-12,14-15H2. The third kappa shape index (κ3) is 3.54. The van der Waals surface area contributed by atoms with E-state index in [0.29, 0.717) is 32.7 Å². The lowest BCUT2D eigenvalue weighted by molar-refractivity contribution is 0.284. The Morgan fingerprint density at radius 3 is 2.58 bits per heavy atom. The fourth-order valence-electron chi connectivity index (χ4n) is 3.93. The van der Waals surface area contributed by atoms with E-state index in [4.69, 9.17) is 0 Å². The first-order chi connectivity index (χ1) is 12.6. The zero-order valence-corrected chi connectivity index (χ0v) is 15.7. The lowest BCUT2D eigenvalue weighted by Gasteiger charge is -2.34. The van der Waals surface area contributed by atoms with Gasteiger partial charge in [-0.2, -0.15) is 17.0 Å². The fourth-order valence-corrected chi connectivity index (χ4v) is 5.70. The first-order valence-corrected chi connectivity index (χ1v) is 10.7. The van der Waals surface area contributed by atoms with Crippen LogP contribution >= 0.6 is 0 Å². The Labute approximate surface area is 154 Å². The van der Waals surface area contributed by atoms with Crippen molar-refractivity contribution in [3.63, 3.8) is 0 Å². The molecule has 1 unspecified atom stereocenters. The Kier molecular flexibility index (Phi) is 5.06. The molecule has 2 saturated heterocycles. The van der Waals surface area contributed by atoms with Crippen molar-refractivity contribution in [1.82, 2.24) is 23.1 Å². The molecule has 1 atom stereocenters. The van der Waals surface area contributed by atoms with Crippen LogP contribution in [0.3, 0.4) is 0 Å². The van der Waals surface area contributed by atoms with Crippen molar-refractivity contribution in [3.05, 3.63) is 48.3 Å². The number of rotatable bonds is 5. The molecule has 2 aliphatic rings. The fraction of sp³-hybridized carbons (Fsp3) is 0.556.